The van der Waals surface area contributed by atoms with Crippen molar-refractivity contribution in [3.8, 4) is 0 Å². The molecule has 1 rings (SSSR count). The Bertz CT molecular complexity index is 347. The van der Waals surface area contributed by atoms with Gasteiger partial charge in [0.2, 0.25) is 5.91 Å². The molecule has 1 aromatic rings. The first-order chi connectivity index (χ1) is 8.15. The second-order valence-corrected chi connectivity index (χ2v) is 4.86. The maximum absolute atomic E-state index is 11.6. The maximum atomic E-state index is 11.6. The Morgan fingerprint density at radius 3 is 2.35 bits per heavy atom. The topological polar surface area (TPSA) is 41.1 Å². The lowest BCUT2D eigenvalue weighted by molar-refractivity contribution is -0.120. The summed E-state index contributed by atoms with van der Waals surface area (Å²) in [6.07, 6.45) is 1.95. The Labute approximate surface area is 111 Å². The van der Waals surface area contributed by atoms with E-state index in [2.05, 4.69) is 40.4 Å². The highest BCUT2D eigenvalue weighted by Crippen LogP contribution is 2.13. The molecule has 4 heteroatoms. The van der Waals surface area contributed by atoms with Gasteiger partial charge in [-0.15, -0.1) is 0 Å². The molecule has 17 heavy (non-hydrogen) atoms. The molecule has 0 fully saturated rings. The molecule has 0 heterocycles. The molecular weight excluding hydrogens is 280 g/mol. The van der Waals surface area contributed by atoms with Gasteiger partial charge in [-0.3, -0.25) is 4.79 Å². The summed E-state index contributed by atoms with van der Waals surface area (Å²) in [6, 6.07) is 8.06. The van der Waals surface area contributed by atoms with Crippen LogP contribution in [0.3, 0.4) is 0 Å². The minimum atomic E-state index is 0.0432. The molecule has 3 nitrogen and oxygen atoms in total. The van der Waals surface area contributed by atoms with E-state index in [1.165, 1.54) is 0 Å². The number of halogens is 1. The van der Waals surface area contributed by atoms with Crippen LogP contribution in [0, 0.1) is 0 Å². The number of hydrogen-bond donors (Lipinski definition) is 2. The number of nitrogens with one attached hydrogen (secondary N) is 2. The summed E-state index contributed by atoms with van der Waals surface area (Å²) >= 11 is 3.37. The number of amides is 1. The Hall–Kier alpha value is -1.03. The summed E-state index contributed by atoms with van der Waals surface area (Å²) in [6.45, 7) is 4.48. The van der Waals surface area contributed by atoms with E-state index in [0.29, 0.717) is 6.54 Å². The SMILES string of the molecule is CCC(CC)NC(=O)CNc1ccc(Br)cc1. The summed E-state index contributed by atoms with van der Waals surface area (Å²) in [7, 11) is 0. The minimum absolute atomic E-state index is 0.0432. The van der Waals surface area contributed by atoms with Gasteiger partial charge in [0, 0.05) is 16.2 Å². The fourth-order valence-electron chi connectivity index (χ4n) is 1.52. The third-order valence-electron chi connectivity index (χ3n) is 2.65. The number of anilines is 1. The molecule has 2 N–H and O–H groups in total. The summed E-state index contributed by atoms with van der Waals surface area (Å²) < 4.78 is 1.03. The first kappa shape index (κ1) is 14.0. The van der Waals surface area contributed by atoms with Crippen LogP contribution < -0.4 is 10.6 Å². The maximum Gasteiger partial charge on any atom is 0.239 e. The van der Waals surface area contributed by atoms with Crippen LogP contribution in [0.1, 0.15) is 26.7 Å². The van der Waals surface area contributed by atoms with Crippen molar-refractivity contribution in [1.29, 1.82) is 0 Å². The van der Waals surface area contributed by atoms with Crippen molar-refractivity contribution in [3.63, 3.8) is 0 Å². The average molecular weight is 299 g/mol. The molecule has 0 unspecified atom stereocenters. The first-order valence-electron chi connectivity index (χ1n) is 5.94. The Morgan fingerprint density at radius 2 is 1.82 bits per heavy atom. The number of carbonyl (C=O) groups excluding carboxylic acids is 1. The van der Waals surface area contributed by atoms with Gasteiger partial charge in [0.05, 0.1) is 6.54 Å². The van der Waals surface area contributed by atoms with Crippen molar-refractivity contribution < 1.29 is 4.79 Å². The lowest BCUT2D eigenvalue weighted by atomic mass is 10.2. The lowest BCUT2D eigenvalue weighted by Gasteiger charge is -2.15. The average Bonchev–Trinajstić information content (AvgIpc) is 2.35. The Balaban J connectivity index is 2.35. The molecule has 0 spiro atoms. The van der Waals surface area contributed by atoms with Crippen molar-refractivity contribution in [2.75, 3.05) is 11.9 Å². The van der Waals surface area contributed by atoms with Crippen LogP contribution in [0.25, 0.3) is 0 Å². The van der Waals surface area contributed by atoms with Crippen molar-refractivity contribution in [3.05, 3.63) is 28.7 Å². The summed E-state index contributed by atoms with van der Waals surface area (Å²) in [4.78, 5) is 11.6. The van der Waals surface area contributed by atoms with E-state index in [1.54, 1.807) is 0 Å². The quantitative estimate of drug-likeness (QED) is 0.847. The molecule has 0 aliphatic heterocycles. The van der Waals surface area contributed by atoms with Crippen molar-refractivity contribution in [2.24, 2.45) is 0 Å². The number of carbonyl (C=O) groups is 1. The zero-order valence-electron chi connectivity index (χ0n) is 10.3. The van der Waals surface area contributed by atoms with Gasteiger partial charge >= 0.3 is 0 Å². The van der Waals surface area contributed by atoms with Crippen LogP contribution in [0.15, 0.2) is 28.7 Å². The molecule has 0 aliphatic rings. The van der Waals surface area contributed by atoms with E-state index in [0.717, 1.165) is 23.0 Å². The fraction of sp³-hybridized carbons (Fsp3) is 0.462. The number of benzene rings is 1. The molecule has 0 aromatic heterocycles. The third-order valence-corrected chi connectivity index (χ3v) is 3.18. The molecular formula is C13H19BrN2O. The zero-order chi connectivity index (χ0) is 12.7. The van der Waals surface area contributed by atoms with Crippen LogP contribution in [-0.4, -0.2) is 18.5 Å². The molecule has 0 saturated heterocycles. The molecule has 0 atom stereocenters. The Kier molecular flexibility index (Phi) is 6.05. The highest BCUT2D eigenvalue weighted by atomic mass is 79.9. The van der Waals surface area contributed by atoms with Crippen molar-refractivity contribution in [2.45, 2.75) is 32.7 Å². The molecule has 94 valence electrons. The molecule has 0 aliphatic carbocycles. The second-order valence-electron chi connectivity index (χ2n) is 3.94. The smallest absolute Gasteiger partial charge is 0.239 e. The van der Waals surface area contributed by atoms with Gasteiger partial charge in [0.15, 0.2) is 0 Å². The van der Waals surface area contributed by atoms with E-state index < -0.39 is 0 Å². The highest BCUT2D eigenvalue weighted by Gasteiger charge is 2.07. The van der Waals surface area contributed by atoms with Crippen LogP contribution in [0.5, 0.6) is 0 Å². The molecule has 0 saturated carbocycles. The van der Waals surface area contributed by atoms with E-state index in [1.807, 2.05) is 24.3 Å². The van der Waals surface area contributed by atoms with Crippen LogP contribution >= 0.6 is 15.9 Å². The van der Waals surface area contributed by atoms with E-state index in [-0.39, 0.29) is 11.9 Å². The predicted octanol–water partition coefficient (Wildman–Crippen LogP) is 3.17. The van der Waals surface area contributed by atoms with Crippen molar-refractivity contribution in [1.82, 2.24) is 5.32 Å². The summed E-state index contributed by atoms with van der Waals surface area (Å²) in [5.41, 5.74) is 0.952. The van der Waals surface area contributed by atoms with E-state index >= 15 is 0 Å². The van der Waals surface area contributed by atoms with Gasteiger partial charge in [-0.1, -0.05) is 29.8 Å². The largest absolute Gasteiger partial charge is 0.376 e. The summed E-state index contributed by atoms with van der Waals surface area (Å²) in [5, 5.41) is 6.08. The molecule has 0 bridgehead atoms. The third kappa shape index (κ3) is 5.22. The van der Waals surface area contributed by atoms with Crippen LogP contribution in [0.4, 0.5) is 5.69 Å². The normalized spacial score (nSPS) is 10.4. The van der Waals surface area contributed by atoms with Gasteiger partial charge in [-0.25, -0.2) is 0 Å². The minimum Gasteiger partial charge on any atom is -0.376 e. The van der Waals surface area contributed by atoms with Gasteiger partial charge in [-0.05, 0) is 37.1 Å². The second kappa shape index (κ2) is 7.33. The highest BCUT2D eigenvalue weighted by molar-refractivity contribution is 9.10. The molecule has 0 radical (unpaired) electrons. The van der Waals surface area contributed by atoms with Crippen LogP contribution in [0.2, 0.25) is 0 Å². The fourth-order valence-corrected chi connectivity index (χ4v) is 1.79. The molecule has 1 aromatic carbocycles. The van der Waals surface area contributed by atoms with Gasteiger partial charge in [0.25, 0.3) is 0 Å². The van der Waals surface area contributed by atoms with Gasteiger partial charge < -0.3 is 10.6 Å². The number of hydrogen-bond acceptors (Lipinski definition) is 2. The monoisotopic (exact) mass is 298 g/mol. The van der Waals surface area contributed by atoms with E-state index in [9.17, 15) is 4.79 Å². The first-order valence-corrected chi connectivity index (χ1v) is 6.73. The van der Waals surface area contributed by atoms with Crippen molar-refractivity contribution >= 4 is 27.5 Å². The summed E-state index contributed by atoms with van der Waals surface area (Å²) in [5.74, 6) is 0.0432. The standard InChI is InChI=1S/C13H19BrN2O/c1-3-11(4-2)16-13(17)9-15-12-7-5-10(14)6-8-12/h5-8,11,15H,3-4,9H2,1-2H3,(H,16,17). The van der Waals surface area contributed by atoms with Gasteiger partial charge in [0.1, 0.15) is 0 Å². The predicted molar refractivity (Wildman–Crippen MR) is 75.1 cm³/mol. The molecule has 1 amide bonds. The van der Waals surface area contributed by atoms with E-state index in [4.69, 9.17) is 0 Å². The Morgan fingerprint density at radius 1 is 1.24 bits per heavy atom. The van der Waals surface area contributed by atoms with Crippen LogP contribution in [-0.2, 0) is 4.79 Å². The lowest BCUT2D eigenvalue weighted by Crippen LogP contribution is -2.37. The zero-order valence-corrected chi connectivity index (χ0v) is 11.9. The number of rotatable bonds is 6. The van der Waals surface area contributed by atoms with Gasteiger partial charge in [-0.2, -0.15) is 0 Å².